The van der Waals surface area contributed by atoms with Crippen molar-refractivity contribution in [2.45, 2.75) is 26.8 Å². The molecule has 0 aliphatic rings. The number of aryl methyl sites for hydroxylation is 2. The van der Waals surface area contributed by atoms with Crippen LogP contribution in [-0.2, 0) is 14.8 Å². The van der Waals surface area contributed by atoms with Crippen LogP contribution in [0.15, 0.2) is 42.5 Å². The van der Waals surface area contributed by atoms with Crippen LogP contribution in [0, 0.1) is 13.8 Å². The van der Waals surface area contributed by atoms with Crippen molar-refractivity contribution < 1.29 is 13.2 Å². The predicted molar refractivity (Wildman–Crippen MR) is 108 cm³/mol. The van der Waals surface area contributed by atoms with Gasteiger partial charge in [0.2, 0.25) is 15.9 Å². The van der Waals surface area contributed by atoms with Crippen LogP contribution in [0.4, 0.5) is 11.4 Å². The molecule has 8 heteroatoms. The van der Waals surface area contributed by atoms with Crippen LogP contribution in [0.5, 0.6) is 0 Å². The van der Waals surface area contributed by atoms with E-state index in [0.717, 1.165) is 11.1 Å². The molecule has 0 saturated heterocycles. The Kier molecular flexibility index (Phi) is 7.62. The van der Waals surface area contributed by atoms with Crippen molar-refractivity contribution in [2.24, 2.45) is 5.73 Å². The Labute approximate surface area is 160 Å². The molecule has 0 aliphatic heterocycles. The molecule has 0 aliphatic carbocycles. The Morgan fingerprint density at radius 2 is 1.73 bits per heavy atom. The molecular weight excluding hydrogens is 374 g/mol. The summed E-state index contributed by atoms with van der Waals surface area (Å²) in [5, 5.41) is 2.76. The molecule has 0 saturated carbocycles. The average molecular weight is 398 g/mol. The molecule has 4 N–H and O–H groups in total. The first-order valence-electron chi connectivity index (χ1n) is 7.96. The normalized spacial score (nSPS) is 12.0. The van der Waals surface area contributed by atoms with E-state index in [9.17, 15) is 13.2 Å². The number of carbonyl (C=O) groups excluding carboxylic acids is 1. The van der Waals surface area contributed by atoms with E-state index in [-0.39, 0.29) is 24.1 Å². The zero-order chi connectivity index (χ0) is 18.6. The zero-order valence-electron chi connectivity index (χ0n) is 14.9. The number of anilines is 2. The molecule has 26 heavy (non-hydrogen) atoms. The lowest BCUT2D eigenvalue weighted by Gasteiger charge is -2.15. The number of nitrogens with two attached hydrogens (primary N) is 1. The largest absolute Gasteiger partial charge is 0.324 e. The molecule has 2 aromatic rings. The van der Waals surface area contributed by atoms with Crippen LogP contribution < -0.4 is 15.8 Å². The standard InChI is InChI=1S/C18H23N3O3S.ClH/c1-4-25(23,24)21-16-10-9-15(11-13(16)3)20-18(22)17(19)14-7-5-12(2)6-8-14;/h5-11,17,21H,4,19H2,1-3H3,(H,20,22);1H. The highest BCUT2D eigenvalue weighted by atomic mass is 35.5. The average Bonchev–Trinajstić information content (AvgIpc) is 2.57. The van der Waals surface area contributed by atoms with Crippen molar-refractivity contribution in [3.63, 3.8) is 0 Å². The van der Waals surface area contributed by atoms with Gasteiger partial charge in [0.25, 0.3) is 0 Å². The summed E-state index contributed by atoms with van der Waals surface area (Å²) in [7, 11) is -3.34. The molecule has 0 spiro atoms. The molecule has 0 heterocycles. The van der Waals surface area contributed by atoms with Crippen LogP contribution in [0.1, 0.15) is 29.7 Å². The topological polar surface area (TPSA) is 101 Å². The third-order valence-corrected chi connectivity index (χ3v) is 5.15. The lowest BCUT2D eigenvalue weighted by Crippen LogP contribution is -2.27. The second kappa shape index (κ2) is 9.02. The summed E-state index contributed by atoms with van der Waals surface area (Å²) in [5.41, 5.74) is 9.58. The SMILES string of the molecule is CCS(=O)(=O)Nc1ccc(NC(=O)C(N)c2ccc(C)cc2)cc1C.Cl. The molecule has 1 atom stereocenters. The highest BCUT2D eigenvalue weighted by molar-refractivity contribution is 7.92. The van der Waals surface area contributed by atoms with Gasteiger partial charge in [0.1, 0.15) is 6.04 Å². The smallest absolute Gasteiger partial charge is 0.245 e. The second-order valence-corrected chi connectivity index (χ2v) is 7.92. The van der Waals surface area contributed by atoms with E-state index < -0.39 is 16.1 Å². The predicted octanol–water partition coefficient (Wildman–Crippen LogP) is 3.13. The molecule has 0 aromatic heterocycles. The lowest BCUT2D eigenvalue weighted by atomic mass is 10.1. The summed E-state index contributed by atoms with van der Waals surface area (Å²) < 4.78 is 25.8. The van der Waals surface area contributed by atoms with Gasteiger partial charge in [-0.1, -0.05) is 29.8 Å². The van der Waals surface area contributed by atoms with Crippen molar-refractivity contribution in [3.05, 3.63) is 59.2 Å². The van der Waals surface area contributed by atoms with Gasteiger partial charge < -0.3 is 11.1 Å². The number of benzene rings is 2. The van der Waals surface area contributed by atoms with E-state index in [4.69, 9.17) is 5.73 Å². The van der Waals surface area contributed by atoms with Crippen LogP contribution in [0.3, 0.4) is 0 Å². The second-order valence-electron chi connectivity index (χ2n) is 5.91. The van der Waals surface area contributed by atoms with E-state index in [1.165, 1.54) is 0 Å². The van der Waals surface area contributed by atoms with Gasteiger partial charge in [-0.2, -0.15) is 0 Å². The van der Waals surface area contributed by atoms with Gasteiger partial charge in [0.05, 0.1) is 11.4 Å². The lowest BCUT2D eigenvalue weighted by molar-refractivity contribution is -0.117. The number of carbonyl (C=O) groups is 1. The van der Waals surface area contributed by atoms with Gasteiger partial charge in [-0.25, -0.2) is 8.42 Å². The molecule has 1 unspecified atom stereocenters. The first-order valence-corrected chi connectivity index (χ1v) is 9.61. The van der Waals surface area contributed by atoms with E-state index in [1.54, 1.807) is 32.0 Å². The minimum Gasteiger partial charge on any atom is -0.324 e. The summed E-state index contributed by atoms with van der Waals surface area (Å²) in [4.78, 5) is 12.3. The van der Waals surface area contributed by atoms with Gasteiger partial charge in [0, 0.05) is 5.69 Å². The maximum absolute atomic E-state index is 12.3. The summed E-state index contributed by atoms with van der Waals surface area (Å²) in [6.45, 7) is 5.30. The van der Waals surface area contributed by atoms with Gasteiger partial charge in [-0.05, 0) is 50.1 Å². The van der Waals surface area contributed by atoms with Crippen LogP contribution in [0.2, 0.25) is 0 Å². The summed E-state index contributed by atoms with van der Waals surface area (Å²) in [6.07, 6.45) is 0. The van der Waals surface area contributed by atoms with Gasteiger partial charge in [0.15, 0.2) is 0 Å². The van der Waals surface area contributed by atoms with Crippen molar-refractivity contribution >= 4 is 39.7 Å². The minimum absolute atomic E-state index is 0. The van der Waals surface area contributed by atoms with Gasteiger partial charge in [-0.3, -0.25) is 9.52 Å². The molecule has 0 radical (unpaired) electrons. The van der Waals surface area contributed by atoms with Crippen molar-refractivity contribution in [1.29, 1.82) is 0 Å². The highest BCUT2D eigenvalue weighted by Gasteiger charge is 2.16. The molecular formula is C18H24ClN3O3S. The number of halogens is 1. The van der Waals surface area contributed by atoms with E-state index >= 15 is 0 Å². The zero-order valence-corrected chi connectivity index (χ0v) is 16.6. The maximum atomic E-state index is 12.3. The molecule has 0 bridgehead atoms. The number of nitrogens with one attached hydrogen (secondary N) is 2. The first kappa shape index (κ1) is 22.0. The van der Waals surface area contributed by atoms with Crippen LogP contribution in [0.25, 0.3) is 0 Å². The van der Waals surface area contributed by atoms with E-state index in [2.05, 4.69) is 10.0 Å². The van der Waals surface area contributed by atoms with E-state index in [1.807, 2.05) is 31.2 Å². The van der Waals surface area contributed by atoms with Crippen LogP contribution >= 0.6 is 12.4 Å². The highest BCUT2D eigenvalue weighted by Crippen LogP contribution is 2.22. The number of rotatable bonds is 6. The summed E-state index contributed by atoms with van der Waals surface area (Å²) >= 11 is 0. The molecule has 6 nitrogen and oxygen atoms in total. The Bertz CT molecular complexity index is 868. The minimum atomic E-state index is -3.34. The number of sulfonamides is 1. The molecule has 142 valence electrons. The maximum Gasteiger partial charge on any atom is 0.245 e. The van der Waals surface area contributed by atoms with Crippen molar-refractivity contribution in [3.8, 4) is 0 Å². The Balaban J connectivity index is 0.00000338. The van der Waals surface area contributed by atoms with Crippen molar-refractivity contribution in [1.82, 2.24) is 0 Å². The van der Waals surface area contributed by atoms with Crippen LogP contribution in [-0.4, -0.2) is 20.1 Å². The molecule has 2 rings (SSSR count). The fourth-order valence-corrected chi connectivity index (χ4v) is 2.95. The number of amides is 1. The Morgan fingerprint density at radius 1 is 1.12 bits per heavy atom. The molecule has 2 aromatic carbocycles. The molecule has 0 fully saturated rings. The van der Waals surface area contributed by atoms with E-state index in [0.29, 0.717) is 16.9 Å². The van der Waals surface area contributed by atoms with Gasteiger partial charge >= 0.3 is 0 Å². The third kappa shape index (κ3) is 5.72. The third-order valence-electron chi connectivity index (χ3n) is 3.86. The summed E-state index contributed by atoms with van der Waals surface area (Å²) in [6, 6.07) is 11.6. The fourth-order valence-electron chi connectivity index (χ4n) is 2.24. The fraction of sp³-hybridized carbons (Fsp3) is 0.278. The summed E-state index contributed by atoms with van der Waals surface area (Å²) in [5.74, 6) is -0.332. The Morgan fingerprint density at radius 3 is 2.27 bits per heavy atom. The Hall–Kier alpha value is -2.09. The number of hydrogen-bond donors (Lipinski definition) is 3. The van der Waals surface area contributed by atoms with Crippen molar-refractivity contribution in [2.75, 3.05) is 15.8 Å². The monoisotopic (exact) mass is 397 g/mol. The first-order chi connectivity index (χ1) is 11.7. The van der Waals surface area contributed by atoms with Gasteiger partial charge in [-0.15, -0.1) is 12.4 Å². The molecule has 1 amide bonds. The quantitative estimate of drug-likeness (QED) is 0.696. The number of hydrogen-bond acceptors (Lipinski definition) is 4.